The number of anilines is 1. The van der Waals surface area contributed by atoms with Gasteiger partial charge in [-0.15, -0.1) is 16.9 Å². The van der Waals surface area contributed by atoms with Crippen LogP contribution in [-0.2, 0) is 17.6 Å². The van der Waals surface area contributed by atoms with Gasteiger partial charge in [0.2, 0.25) is 11.8 Å². The molecule has 0 aliphatic rings. The van der Waals surface area contributed by atoms with Gasteiger partial charge >= 0.3 is 6.01 Å². The number of rotatable bonds is 7. The van der Waals surface area contributed by atoms with Gasteiger partial charge in [-0.1, -0.05) is 29.4 Å². The molecule has 0 fully saturated rings. The van der Waals surface area contributed by atoms with E-state index in [0.717, 1.165) is 22.4 Å². The lowest BCUT2D eigenvalue weighted by Gasteiger charge is -2.07. The van der Waals surface area contributed by atoms with E-state index in [-0.39, 0.29) is 18.3 Å². The maximum absolute atomic E-state index is 12.2. The van der Waals surface area contributed by atoms with Crippen LogP contribution < -0.4 is 10.1 Å². The van der Waals surface area contributed by atoms with Gasteiger partial charge in [0, 0.05) is 4.90 Å². The average molecular weight is 383 g/mol. The van der Waals surface area contributed by atoms with E-state index in [2.05, 4.69) is 27.6 Å². The summed E-state index contributed by atoms with van der Waals surface area (Å²) in [6.45, 7) is 1.94. The molecule has 3 rings (SSSR count). The number of carbonyl (C=O) groups excluding carboxylic acids is 1. The van der Waals surface area contributed by atoms with Crippen molar-refractivity contribution < 1.29 is 13.9 Å². The average Bonchev–Trinajstić information content (AvgIpc) is 3.09. The summed E-state index contributed by atoms with van der Waals surface area (Å²) in [7, 11) is 1.62. The van der Waals surface area contributed by atoms with Crippen LogP contribution in [0.1, 0.15) is 22.6 Å². The number of methoxy groups -OCH3 is 1. The highest BCUT2D eigenvalue weighted by atomic mass is 32.2. The van der Waals surface area contributed by atoms with E-state index < -0.39 is 0 Å². The van der Waals surface area contributed by atoms with Gasteiger partial charge in [-0.25, -0.2) is 0 Å². The molecule has 0 atom stereocenters. The second kappa shape index (κ2) is 8.73. The topological polar surface area (TPSA) is 77.2 Å². The number of aromatic nitrogens is 2. The largest absolute Gasteiger partial charge is 0.496 e. The number of hydrogen-bond donors (Lipinski definition) is 1. The molecule has 0 radical (unpaired) electrons. The molecule has 140 valence electrons. The van der Waals surface area contributed by atoms with Crippen LogP contribution in [-0.4, -0.2) is 29.5 Å². The lowest BCUT2D eigenvalue weighted by molar-refractivity contribution is -0.115. The third-order valence-electron chi connectivity index (χ3n) is 4.05. The minimum Gasteiger partial charge on any atom is -0.496 e. The lowest BCUT2D eigenvalue weighted by Crippen LogP contribution is -2.14. The standard InChI is InChI=1S/C20H21N3O3S/c1-13-10-15(6-9-17(13)25-2)11-18(24)21-20-23-22-19(26-20)12-14-4-7-16(27-3)8-5-14/h4-10H,11-12H2,1-3H3,(H,21,23,24). The van der Waals surface area contributed by atoms with E-state index in [1.807, 2.05) is 43.5 Å². The Bertz CT molecular complexity index is 922. The van der Waals surface area contributed by atoms with Crippen LogP contribution in [0, 0.1) is 6.92 Å². The molecule has 0 bridgehead atoms. The molecule has 0 unspecified atom stereocenters. The van der Waals surface area contributed by atoms with Crippen molar-refractivity contribution >= 4 is 23.7 Å². The van der Waals surface area contributed by atoms with Gasteiger partial charge in [0.25, 0.3) is 0 Å². The highest BCUT2D eigenvalue weighted by Gasteiger charge is 2.12. The van der Waals surface area contributed by atoms with Gasteiger partial charge in [0.15, 0.2) is 0 Å². The van der Waals surface area contributed by atoms with E-state index >= 15 is 0 Å². The van der Waals surface area contributed by atoms with Crippen molar-refractivity contribution in [1.29, 1.82) is 0 Å². The van der Waals surface area contributed by atoms with Crippen molar-refractivity contribution in [3.63, 3.8) is 0 Å². The van der Waals surface area contributed by atoms with Crippen molar-refractivity contribution in [2.24, 2.45) is 0 Å². The van der Waals surface area contributed by atoms with Crippen LogP contribution in [0.5, 0.6) is 5.75 Å². The van der Waals surface area contributed by atoms with Gasteiger partial charge in [0.05, 0.1) is 20.0 Å². The second-order valence-corrected chi connectivity index (χ2v) is 6.93. The Balaban J connectivity index is 1.58. The molecule has 1 amide bonds. The molecule has 0 saturated carbocycles. The van der Waals surface area contributed by atoms with Crippen LogP contribution >= 0.6 is 11.8 Å². The molecule has 0 aliphatic heterocycles. The normalized spacial score (nSPS) is 10.6. The summed E-state index contributed by atoms with van der Waals surface area (Å²) < 4.78 is 10.8. The van der Waals surface area contributed by atoms with Gasteiger partial charge in [-0.3, -0.25) is 10.1 Å². The summed E-state index contributed by atoms with van der Waals surface area (Å²) in [5.41, 5.74) is 2.94. The Morgan fingerprint density at radius 1 is 1.15 bits per heavy atom. The van der Waals surface area contributed by atoms with Crippen molar-refractivity contribution in [1.82, 2.24) is 10.2 Å². The number of carbonyl (C=O) groups is 1. The molecule has 0 aliphatic carbocycles. The molecule has 0 spiro atoms. The predicted octanol–water partition coefficient (Wildman–Crippen LogP) is 3.88. The zero-order valence-corrected chi connectivity index (χ0v) is 16.3. The fraction of sp³-hybridized carbons (Fsp3) is 0.250. The van der Waals surface area contributed by atoms with E-state index in [0.29, 0.717) is 12.3 Å². The zero-order chi connectivity index (χ0) is 19.2. The van der Waals surface area contributed by atoms with Crippen molar-refractivity contribution in [3.05, 3.63) is 65.0 Å². The minimum atomic E-state index is -0.209. The van der Waals surface area contributed by atoms with E-state index in [4.69, 9.17) is 9.15 Å². The Labute approximate surface area is 162 Å². The fourth-order valence-corrected chi connectivity index (χ4v) is 3.10. The molecule has 7 heteroatoms. The molecule has 6 nitrogen and oxygen atoms in total. The van der Waals surface area contributed by atoms with E-state index in [9.17, 15) is 4.79 Å². The van der Waals surface area contributed by atoms with Gasteiger partial charge in [-0.2, -0.15) is 0 Å². The number of hydrogen-bond acceptors (Lipinski definition) is 6. The summed E-state index contributed by atoms with van der Waals surface area (Å²) >= 11 is 1.69. The number of ether oxygens (including phenoxy) is 1. The van der Waals surface area contributed by atoms with Crippen LogP contribution in [0.15, 0.2) is 51.8 Å². The first kappa shape index (κ1) is 19.0. The molecule has 2 aromatic carbocycles. The maximum Gasteiger partial charge on any atom is 0.322 e. The molecular weight excluding hydrogens is 362 g/mol. The highest BCUT2D eigenvalue weighted by Crippen LogP contribution is 2.20. The molecule has 1 N–H and O–H groups in total. The molecule has 3 aromatic rings. The van der Waals surface area contributed by atoms with Crippen LogP contribution in [0.2, 0.25) is 0 Å². The summed E-state index contributed by atoms with van der Waals surface area (Å²) in [6, 6.07) is 13.9. The maximum atomic E-state index is 12.2. The van der Waals surface area contributed by atoms with Crippen molar-refractivity contribution in [2.45, 2.75) is 24.7 Å². The quantitative estimate of drug-likeness (QED) is 0.624. The molecule has 27 heavy (non-hydrogen) atoms. The number of thioether (sulfide) groups is 1. The SMILES string of the molecule is COc1ccc(CC(=O)Nc2nnc(Cc3ccc(SC)cc3)o2)cc1C. The Kier molecular flexibility index (Phi) is 6.13. The summed E-state index contributed by atoms with van der Waals surface area (Å²) in [6.07, 6.45) is 2.78. The molecule has 0 saturated heterocycles. The van der Waals surface area contributed by atoms with Crippen LogP contribution in [0.3, 0.4) is 0 Å². The van der Waals surface area contributed by atoms with Gasteiger partial charge < -0.3 is 9.15 Å². The number of amides is 1. The van der Waals surface area contributed by atoms with Crippen LogP contribution in [0.4, 0.5) is 6.01 Å². The number of benzene rings is 2. The monoisotopic (exact) mass is 383 g/mol. The zero-order valence-electron chi connectivity index (χ0n) is 15.5. The summed E-state index contributed by atoms with van der Waals surface area (Å²) in [5.74, 6) is 1.05. The van der Waals surface area contributed by atoms with Crippen molar-refractivity contribution in [2.75, 3.05) is 18.7 Å². The summed E-state index contributed by atoms with van der Waals surface area (Å²) in [4.78, 5) is 13.4. The third kappa shape index (κ3) is 5.10. The fourth-order valence-electron chi connectivity index (χ4n) is 2.69. The first-order valence-corrected chi connectivity index (χ1v) is 9.68. The molecule has 1 heterocycles. The Morgan fingerprint density at radius 3 is 2.56 bits per heavy atom. The second-order valence-electron chi connectivity index (χ2n) is 6.05. The summed E-state index contributed by atoms with van der Waals surface area (Å²) in [5, 5.41) is 10.5. The van der Waals surface area contributed by atoms with Crippen LogP contribution in [0.25, 0.3) is 0 Å². The molecule has 1 aromatic heterocycles. The van der Waals surface area contributed by atoms with E-state index in [1.165, 1.54) is 4.90 Å². The number of nitrogens with zero attached hydrogens (tertiary/aromatic N) is 2. The third-order valence-corrected chi connectivity index (χ3v) is 4.80. The molecular formula is C20H21N3O3S. The van der Waals surface area contributed by atoms with Crippen molar-refractivity contribution in [3.8, 4) is 5.75 Å². The Morgan fingerprint density at radius 2 is 1.89 bits per heavy atom. The first-order valence-electron chi connectivity index (χ1n) is 8.46. The van der Waals surface area contributed by atoms with E-state index in [1.54, 1.807) is 18.9 Å². The predicted molar refractivity (Wildman–Crippen MR) is 105 cm³/mol. The number of nitrogens with one attached hydrogen (secondary N) is 1. The lowest BCUT2D eigenvalue weighted by atomic mass is 10.1. The first-order chi connectivity index (χ1) is 13.1. The van der Waals surface area contributed by atoms with Gasteiger partial charge in [0.1, 0.15) is 5.75 Å². The Hall–Kier alpha value is -2.80. The highest BCUT2D eigenvalue weighted by molar-refractivity contribution is 7.98. The minimum absolute atomic E-state index is 0.112. The number of aryl methyl sites for hydroxylation is 1. The smallest absolute Gasteiger partial charge is 0.322 e. The van der Waals surface area contributed by atoms with Gasteiger partial charge in [-0.05, 0) is 48.1 Å².